The van der Waals surface area contributed by atoms with E-state index in [1.165, 1.54) is 5.56 Å². The Morgan fingerprint density at radius 1 is 1.10 bits per heavy atom. The normalized spacial score (nSPS) is 12.2. The summed E-state index contributed by atoms with van der Waals surface area (Å²) in [6.45, 7) is 6.41. The van der Waals surface area contributed by atoms with Gasteiger partial charge in [-0.2, -0.15) is 0 Å². The first-order chi connectivity index (χ1) is 10.1. The average molecular weight is 282 g/mol. The van der Waals surface area contributed by atoms with E-state index in [4.69, 9.17) is 0 Å². The molecule has 0 spiro atoms. The van der Waals surface area contributed by atoms with Gasteiger partial charge in [-0.3, -0.25) is 9.78 Å². The monoisotopic (exact) mass is 282 g/mol. The molecule has 3 nitrogen and oxygen atoms in total. The van der Waals surface area contributed by atoms with Crippen molar-refractivity contribution >= 4 is 5.91 Å². The molecule has 1 aromatic carbocycles. The number of benzene rings is 1. The molecule has 1 aromatic heterocycles. The van der Waals surface area contributed by atoms with E-state index >= 15 is 0 Å². The number of pyridine rings is 1. The van der Waals surface area contributed by atoms with Crippen LogP contribution in [0.4, 0.5) is 0 Å². The maximum atomic E-state index is 12.1. The van der Waals surface area contributed by atoms with Crippen LogP contribution in [0, 0.1) is 5.92 Å². The molecule has 0 saturated carbocycles. The van der Waals surface area contributed by atoms with E-state index < -0.39 is 0 Å². The van der Waals surface area contributed by atoms with Gasteiger partial charge in [0.15, 0.2) is 0 Å². The van der Waals surface area contributed by atoms with Gasteiger partial charge in [0.2, 0.25) is 0 Å². The van der Waals surface area contributed by atoms with E-state index in [0.717, 1.165) is 12.0 Å². The van der Waals surface area contributed by atoms with Crippen LogP contribution in [0.15, 0.2) is 48.7 Å². The van der Waals surface area contributed by atoms with Crippen LogP contribution in [0.5, 0.6) is 0 Å². The molecule has 1 N–H and O–H groups in total. The van der Waals surface area contributed by atoms with Gasteiger partial charge < -0.3 is 5.32 Å². The third kappa shape index (κ3) is 4.42. The smallest absolute Gasteiger partial charge is 0.270 e. The summed E-state index contributed by atoms with van der Waals surface area (Å²) < 4.78 is 0. The number of nitrogens with one attached hydrogen (secondary N) is 1. The van der Waals surface area contributed by atoms with E-state index in [-0.39, 0.29) is 11.9 Å². The van der Waals surface area contributed by atoms with Gasteiger partial charge in [-0.15, -0.1) is 0 Å². The van der Waals surface area contributed by atoms with Crippen LogP contribution in [-0.2, 0) is 6.42 Å². The van der Waals surface area contributed by atoms with Crippen LogP contribution in [0.2, 0.25) is 0 Å². The van der Waals surface area contributed by atoms with Crippen molar-refractivity contribution in [1.29, 1.82) is 0 Å². The minimum absolute atomic E-state index is 0.0346. The molecule has 0 fully saturated rings. The third-order valence-electron chi connectivity index (χ3n) is 3.37. The molecule has 0 bridgehead atoms. The van der Waals surface area contributed by atoms with Gasteiger partial charge in [-0.05, 0) is 42.5 Å². The molecule has 2 rings (SSSR count). The molecule has 1 unspecified atom stereocenters. The van der Waals surface area contributed by atoms with Crippen molar-refractivity contribution in [1.82, 2.24) is 10.3 Å². The van der Waals surface area contributed by atoms with Gasteiger partial charge in [0.25, 0.3) is 5.91 Å². The Kier molecular flexibility index (Phi) is 5.09. The van der Waals surface area contributed by atoms with Crippen molar-refractivity contribution in [2.75, 3.05) is 0 Å². The number of rotatable bonds is 5. The van der Waals surface area contributed by atoms with Gasteiger partial charge in [-0.1, -0.05) is 44.2 Å². The number of aromatic nitrogens is 1. The van der Waals surface area contributed by atoms with Gasteiger partial charge in [0, 0.05) is 6.20 Å². The molecule has 21 heavy (non-hydrogen) atoms. The lowest BCUT2D eigenvalue weighted by Gasteiger charge is -2.15. The highest BCUT2D eigenvalue weighted by Crippen LogP contribution is 2.16. The molecule has 1 atom stereocenters. The SMILES string of the molecule is CC(C)Cc1ccc(C(C)NC(=O)c2ccccn2)cc1. The van der Waals surface area contributed by atoms with Gasteiger partial charge in [0.05, 0.1) is 6.04 Å². The number of carbonyl (C=O) groups excluding carboxylic acids is 1. The van der Waals surface area contributed by atoms with Gasteiger partial charge in [-0.25, -0.2) is 0 Å². The highest BCUT2D eigenvalue weighted by Gasteiger charge is 2.12. The Bertz CT molecular complexity index is 576. The Morgan fingerprint density at radius 3 is 2.38 bits per heavy atom. The molecule has 0 radical (unpaired) electrons. The summed E-state index contributed by atoms with van der Waals surface area (Å²) in [5.41, 5.74) is 2.88. The molecule has 0 aliphatic rings. The zero-order chi connectivity index (χ0) is 15.2. The highest BCUT2D eigenvalue weighted by molar-refractivity contribution is 5.92. The molecular formula is C18H22N2O. The minimum atomic E-state index is -0.144. The maximum absolute atomic E-state index is 12.1. The fourth-order valence-electron chi connectivity index (χ4n) is 2.26. The van der Waals surface area contributed by atoms with Crippen molar-refractivity contribution in [3.63, 3.8) is 0 Å². The highest BCUT2D eigenvalue weighted by atomic mass is 16.1. The molecule has 1 heterocycles. The lowest BCUT2D eigenvalue weighted by atomic mass is 10.00. The van der Waals surface area contributed by atoms with Gasteiger partial charge >= 0.3 is 0 Å². The fourth-order valence-corrected chi connectivity index (χ4v) is 2.26. The molecular weight excluding hydrogens is 260 g/mol. The summed E-state index contributed by atoms with van der Waals surface area (Å²) in [6.07, 6.45) is 2.70. The van der Waals surface area contributed by atoms with Crippen LogP contribution < -0.4 is 5.32 Å². The molecule has 1 amide bonds. The first kappa shape index (κ1) is 15.2. The van der Waals surface area contributed by atoms with E-state index in [1.807, 2.05) is 13.0 Å². The summed E-state index contributed by atoms with van der Waals surface area (Å²) >= 11 is 0. The second kappa shape index (κ2) is 7.02. The van der Waals surface area contributed by atoms with Crippen molar-refractivity contribution in [3.05, 3.63) is 65.5 Å². The van der Waals surface area contributed by atoms with E-state index in [1.54, 1.807) is 18.3 Å². The predicted molar refractivity (Wildman–Crippen MR) is 85.1 cm³/mol. The Morgan fingerprint density at radius 2 is 1.81 bits per heavy atom. The van der Waals surface area contributed by atoms with Crippen LogP contribution >= 0.6 is 0 Å². The van der Waals surface area contributed by atoms with Crippen molar-refractivity contribution in [2.45, 2.75) is 33.2 Å². The van der Waals surface area contributed by atoms with Crippen LogP contribution in [0.1, 0.15) is 48.4 Å². The summed E-state index contributed by atoms with van der Waals surface area (Å²) in [7, 11) is 0. The second-order valence-electron chi connectivity index (χ2n) is 5.75. The van der Waals surface area contributed by atoms with Crippen LogP contribution in [0.3, 0.4) is 0 Å². The van der Waals surface area contributed by atoms with Gasteiger partial charge in [0.1, 0.15) is 5.69 Å². The Balaban J connectivity index is 2.00. The van der Waals surface area contributed by atoms with Crippen LogP contribution in [-0.4, -0.2) is 10.9 Å². The molecule has 0 aliphatic carbocycles. The summed E-state index contributed by atoms with van der Waals surface area (Å²) in [5, 5.41) is 2.97. The van der Waals surface area contributed by atoms with E-state index in [2.05, 4.69) is 48.4 Å². The Labute approximate surface area is 126 Å². The summed E-state index contributed by atoms with van der Waals surface area (Å²) in [6, 6.07) is 13.7. The van der Waals surface area contributed by atoms with E-state index in [0.29, 0.717) is 11.6 Å². The standard InChI is InChI=1S/C18H22N2O/c1-13(2)12-15-7-9-16(10-8-15)14(3)20-18(21)17-6-4-5-11-19-17/h4-11,13-14H,12H2,1-3H3,(H,20,21). The quantitative estimate of drug-likeness (QED) is 0.907. The molecule has 0 aliphatic heterocycles. The third-order valence-corrected chi connectivity index (χ3v) is 3.37. The minimum Gasteiger partial charge on any atom is -0.344 e. The number of hydrogen-bond acceptors (Lipinski definition) is 2. The van der Waals surface area contributed by atoms with Crippen molar-refractivity contribution in [3.8, 4) is 0 Å². The predicted octanol–water partition coefficient (Wildman–Crippen LogP) is 3.77. The zero-order valence-electron chi connectivity index (χ0n) is 12.8. The number of hydrogen-bond donors (Lipinski definition) is 1. The second-order valence-corrected chi connectivity index (χ2v) is 5.75. The molecule has 0 saturated heterocycles. The first-order valence-corrected chi connectivity index (χ1v) is 7.37. The molecule has 110 valence electrons. The summed E-state index contributed by atoms with van der Waals surface area (Å²) in [5.74, 6) is 0.506. The van der Waals surface area contributed by atoms with Crippen molar-refractivity contribution in [2.24, 2.45) is 5.92 Å². The largest absolute Gasteiger partial charge is 0.344 e. The fraction of sp³-hybridized carbons (Fsp3) is 0.333. The zero-order valence-corrected chi connectivity index (χ0v) is 12.8. The number of nitrogens with zero attached hydrogens (tertiary/aromatic N) is 1. The van der Waals surface area contributed by atoms with Crippen LogP contribution in [0.25, 0.3) is 0 Å². The number of amides is 1. The molecule has 2 aromatic rings. The average Bonchev–Trinajstić information content (AvgIpc) is 2.48. The Hall–Kier alpha value is -2.16. The van der Waals surface area contributed by atoms with Crippen molar-refractivity contribution < 1.29 is 4.79 Å². The summed E-state index contributed by atoms with van der Waals surface area (Å²) in [4.78, 5) is 16.1. The lowest BCUT2D eigenvalue weighted by Crippen LogP contribution is -2.27. The number of carbonyl (C=O) groups is 1. The molecule has 3 heteroatoms. The van der Waals surface area contributed by atoms with E-state index in [9.17, 15) is 4.79 Å². The first-order valence-electron chi connectivity index (χ1n) is 7.37. The topological polar surface area (TPSA) is 42.0 Å². The lowest BCUT2D eigenvalue weighted by molar-refractivity contribution is 0.0935. The maximum Gasteiger partial charge on any atom is 0.270 e.